The predicted molar refractivity (Wildman–Crippen MR) is 177 cm³/mol. The SMILES string of the molecule is CCOC(=O)c1c(NC(=O)C(C)Sc2nnc(CNC(=O)c3ccc(OC)c(OC)c3)n2CCc2ccccc2)sc2c1CCC2. The van der Waals surface area contributed by atoms with E-state index in [2.05, 4.69) is 20.8 Å². The van der Waals surface area contributed by atoms with E-state index in [1.807, 2.05) is 34.9 Å². The Morgan fingerprint density at radius 3 is 2.57 bits per heavy atom. The highest BCUT2D eigenvalue weighted by Crippen LogP contribution is 2.40. The van der Waals surface area contributed by atoms with Gasteiger partial charge in [-0.05, 0) is 68.9 Å². The molecule has 1 aliphatic carbocycles. The van der Waals surface area contributed by atoms with Crippen LogP contribution >= 0.6 is 23.1 Å². The molecule has 2 aromatic heterocycles. The van der Waals surface area contributed by atoms with Crippen LogP contribution in [-0.4, -0.2) is 58.6 Å². The van der Waals surface area contributed by atoms with Crippen LogP contribution < -0.4 is 20.1 Å². The van der Waals surface area contributed by atoms with Gasteiger partial charge in [0.25, 0.3) is 5.91 Å². The van der Waals surface area contributed by atoms with Crippen LogP contribution in [0.4, 0.5) is 5.00 Å². The Hall–Kier alpha value is -4.36. The summed E-state index contributed by atoms with van der Waals surface area (Å²) in [4.78, 5) is 40.4. The first kappa shape index (κ1) is 33.0. The Bertz CT molecular complexity index is 1700. The van der Waals surface area contributed by atoms with Gasteiger partial charge >= 0.3 is 5.97 Å². The Morgan fingerprint density at radius 2 is 1.83 bits per heavy atom. The minimum absolute atomic E-state index is 0.125. The minimum atomic E-state index is -0.555. The van der Waals surface area contributed by atoms with Crippen molar-refractivity contribution in [3.63, 3.8) is 0 Å². The summed E-state index contributed by atoms with van der Waals surface area (Å²) in [5.74, 6) is 0.572. The molecule has 1 aliphatic rings. The van der Waals surface area contributed by atoms with Crippen LogP contribution in [-0.2, 0) is 41.9 Å². The van der Waals surface area contributed by atoms with Crippen molar-refractivity contribution in [3.05, 3.63) is 81.5 Å². The summed E-state index contributed by atoms with van der Waals surface area (Å²) in [6, 6.07) is 15.0. The topological polar surface area (TPSA) is 134 Å². The fraction of sp³-hybridized carbons (Fsp3) is 0.364. The van der Waals surface area contributed by atoms with E-state index < -0.39 is 11.2 Å². The lowest BCUT2D eigenvalue weighted by atomic mass is 10.1. The molecule has 0 spiro atoms. The maximum absolute atomic E-state index is 13.4. The van der Waals surface area contributed by atoms with Crippen molar-refractivity contribution in [1.82, 2.24) is 20.1 Å². The van der Waals surface area contributed by atoms with E-state index >= 15 is 0 Å². The quantitative estimate of drug-likeness (QED) is 0.136. The molecule has 2 amide bonds. The molecule has 5 rings (SSSR count). The number of benzene rings is 2. The molecule has 2 aromatic carbocycles. The molecule has 0 fully saturated rings. The number of rotatable bonds is 14. The first-order chi connectivity index (χ1) is 22.3. The number of aromatic nitrogens is 3. The van der Waals surface area contributed by atoms with E-state index in [1.165, 1.54) is 37.3 Å². The van der Waals surface area contributed by atoms with Gasteiger partial charge in [-0.25, -0.2) is 4.79 Å². The lowest BCUT2D eigenvalue weighted by Crippen LogP contribution is -2.26. The molecule has 0 saturated carbocycles. The average Bonchev–Trinajstić information content (AvgIpc) is 3.77. The predicted octanol–water partition coefficient (Wildman–Crippen LogP) is 5.31. The van der Waals surface area contributed by atoms with Crippen LogP contribution in [0.15, 0.2) is 53.7 Å². The fourth-order valence-corrected chi connectivity index (χ4v) is 7.40. The molecule has 0 radical (unpaired) electrons. The van der Waals surface area contributed by atoms with Crippen molar-refractivity contribution >= 4 is 45.9 Å². The van der Waals surface area contributed by atoms with Gasteiger partial charge in [-0.1, -0.05) is 42.1 Å². The first-order valence-electron chi connectivity index (χ1n) is 15.1. The molecule has 4 aromatic rings. The number of aryl methyl sites for hydroxylation is 2. The van der Waals surface area contributed by atoms with Crippen molar-refractivity contribution in [2.75, 3.05) is 26.1 Å². The van der Waals surface area contributed by atoms with Crippen LogP contribution in [0.1, 0.15) is 62.8 Å². The second-order valence-electron chi connectivity index (χ2n) is 10.6. The summed E-state index contributed by atoms with van der Waals surface area (Å²) in [7, 11) is 3.05. The molecule has 0 bridgehead atoms. The van der Waals surface area contributed by atoms with E-state index in [4.69, 9.17) is 14.2 Å². The third-order valence-electron chi connectivity index (χ3n) is 7.60. The van der Waals surface area contributed by atoms with Crippen molar-refractivity contribution in [2.45, 2.75) is 63.0 Å². The number of thiophene rings is 1. The van der Waals surface area contributed by atoms with Crippen LogP contribution in [0.2, 0.25) is 0 Å². The maximum Gasteiger partial charge on any atom is 0.341 e. The number of hydrogen-bond acceptors (Lipinski definition) is 10. The molecule has 1 unspecified atom stereocenters. The van der Waals surface area contributed by atoms with Gasteiger partial charge in [-0.3, -0.25) is 9.59 Å². The molecular formula is C33H37N5O6S2. The van der Waals surface area contributed by atoms with Gasteiger partial charge in [0.1, 0.15) is 5.00 Å². The number of nitrogens with one attached hydrogen (secondary N) is 2. The lowest BCUT2D eigenvalue weighted by molar-refractivity contribution is -0.115. The molecule has 11 nitrogen and oxygen atoms in total. The molecule has 1 atom stereocenters. The largest absolute Gasteiger partial charge is 0.493 e. The second kappa shape index (κ2) is 15.3. The van der Waals surface area contributed by atoms with Crippen molar-refractivity contribution in [1.29, 1.82) is 0 Å². The van der Waals surface area contributed by atoms with Gasteiger partial charge in [0.2, 0.25) is 5.91 Å². The number of amides is 2. The number of hydrogen-bond donors (Lipinski definition) is 2. The highest BCUT2D eigenvalue weighted by molar-refractivity contribution is 8.00. The van der Waals surface area contributed by atoms with E-state index in [1.54, 1.807) is 32.0 Å². The Kier molecular flexibility index (Phi) is 11.0. The Morgan fingerprint density at radius 1 is 1.04 bits per heavy atom. The summed E-state index contributed by atoms with van der Waals surface area (Å²) in [6.07, 6.45) is 3.38. The van der Waals surface area contributed by atoms with Crippen LogP contribution in [0.25, 0.3) is 0 Å². The smallest absolute Gasteiger partial charge is 0.341 e. The number of thioether (sulfide) groups is 1. The Balaban J connectivity index is 1.32. The standard InChI is InChI=1S/C33H37N5O6S2/c1-5-44-32(41)28-23-12-9-13-26(23)46-31(28)35-29(39)20(2)45-33-37-36-27(38(33)17-16-21-10-7-6-8-11-21)19-34-30(40)22-14-15-24(42-3)25(18-22)43-4/h6-8,10-11,14-15,18,20H,5,9,12-13,16-17,19H2,1-4H3,(H,34,40)(H,35,39). The second-order valence-corrected chi connectivity index (χ2v) is 13.0. The number of methoxy groups -OCH3 is 2. The van der Waals surface area contributed by atoms with Crippen molar-refractivity contribution < 1.29 is 28.6 Å². The van der Waals surface area contributed by atoms with Gasteiger partial charge in [0.05, 0.1) is 38.2 Å². The Labute approximate surface area is 276 Å². The zero-order valence-electron chi connectivity index (χ0n) is 26.3. The molecule has 2 N–H and O–H groups in total. The summed E-state index contributed by atoms with van der Waals surface area (Å²) < 4.78 is 17.9. The number of ether oxygens (including phenoxy) is 3. The highest BCUT2D eigenvalue weighted by Gasteiger charge is 2.30. The molecule has 0 aliphatic heterocycles. The van der Waals surface area contributed by atoms with E-state index in [9.17, 15) is 14.4 Å². The van der Waals surface area contributed by atoms with Crippen LogP contribution in [0.3, 0.4) is 0 Å². The number of fused-ring (bicyclic) bond motifs is 1. The molecule has 242 valence electrons. The monoisotopic (exact) mass is 663 g/mol. The van der Waals surface area contributed by atoms with Crippen LogP contribution in [0, 0.1) is 0 Å². The molecular weight excluding hydrogens is 627 g/mol. The van der Waals surface area contributed by atoms with E-state index in [0.717, 1.165) is 35.3 Å². The van der Waals surface area contributed by atoms with Gasteiger partial charge in [0, 0.05) is 17.0 Å². The molecule has 2 heterocycles. The van der Waals surface area contributed by atoms with Crippen molar-refractivity contribution in [2.24, 2.45) is 0 Å². The normalized spacial score (nSPS) is 12.7. The highest BCUT2D eigenvalue weighted by atomic mass is 32.2. The molecule has 0 saturated heterocycles. The van der Waals surface area contributed by atoms with Crippen LogP contribution in [0.5, 0.6) is 11.5 Å². The van der Waals surface area contributed by atoms with Gasteiger partial charge < -0.3 is 29.4 Å². The minimum Gasteiger partial charge on any atom is -0.493 e. The first-order valence-corrected chi connectivity index (χ1v) is 16.8. The van der Waals surface area contributed by atoms with E-state index in [0.29, 0.717) is 51.6 Å². The van der Waals surface area contributed by atoms with Gasteiger partial charge in [0.15, 0.2) is 22.5 Å². The zero-order chi connectivity index (χ0) is 32.6. The zero-order valence-corrected chi connectivity index (χ0v) is 27.9. The fourth-order valence-electron chi connectivity index (χ4n) is 5.22. The van der Waals surface area contributed by atoms with Gasteiger partial charge in [-0.15, -0.1) is 21.5 Å². The lowest BCUT2D eigenvalue weighted by Gasteiger charge is -2.15. The number of esters is 1. The third-order valence-corrected chi connectivity index (χ3v) is 9.89. The maximum atomic E-state index is 13.4. The summed E-state index contributed by atoms with van der Waals surface area (Å²) in [5, 5.41) is 15.2. The summed E-state index contributed by atoms with van der Waals surface area (Å²) in [6.45, 7) is 4.49. The molecule has 13 heteroatoms. The molecule has 46 heavy (non-hydrogen) atoms. The van der Waals surface area contributed by atoms with E-state index in [-0.39, 0.29) is 25.0 Å². The van der Waals surface area contributed by atoms with Gasteiger partial charge in [-0.2, -0.15) is 0 Å². The number of carbonyl (C=O) groups excluding carboxylic acids is 3. The third kappa shape index (κ3) is 7.53. The van der Waals surface area contributed by atoms with Crippen molar-refractivity contribution in [3.8, 4) is 11.5 Å². The number of nitrogens with zero attached hydrogens (tertiary/aromatic N) is 3. The summed E-state index contributed by atoms with van der Waals surface area (Å²) in [5.41, 5.74) is 3.01. The number of carbonyl (C=O) groups is 3. The summed E-state index contributed by atoms with van der Waals surface area (Å²) >= 11 is 2.72. The number of anilines is 1. The average molecular weight is 664 g/mol.